The highest BCUT2D eigenvalue weighted by atomic mass is 32.2. The van der Waals surface area contributed by atoms with E-state index < -0.39 is 10.0 Å². The molecule has 11 heteroatoms. The van der Waals surface area contributed by atoms with Gasteiger partial charge in [0.1, 0.15) is 12.0 Å². The normalized spacial score (nSPS) is 11.6. The minimum atomic E-state index is -3.50. The standard InChI is InChI=1S/C20H28N8O2S/c1-3-28(4-2)31(29,30)17-8-6-16(7-9-17)26-20-18(21)19(24-14-25-20)23-10-5-12-27-13-11-22-15-27/h6-9,11,13-15H,3-5,10,12,21H2,1-2H3,(H2,23,24,25,26). The molecule has 0 amide bonds. The zero-order valence-electron chi connectivity index (χ0n) is 17.7. The number of imidazole rings is 1. The van der Waals surface area contributed by atoms with Crippen molar-refractivity contribution < 1.29 is 8.42 Å². The van der Waals surface area contributed by atoms with Gasteiger partial charge in [0, 0.05) is 44.3 Å². The molecule has 0 fully saturated rings. The summed E-state index contributed by atoms with van der Waals surface area (Å²) in [5, 5.41) is 6.35. The Morgan fingerprint density at radius 3 is 2.45 bits per heavy atom. The summed E-state index contributed by atoms with van der Waals surface area (Å²) in [6.45, 7) is 6.02. The summed E-state index contributed by atoms with van der Waals surface area (Å²) in [4.78, 5) is 12.7. The minimum absolute atomic E-state index is 0.248. The molecule has 0 aliphatic heterocycles. The molecule has 2 heterocycles. The molecule has 0 spiro atoms. The maximum Gasteiger partial charge on any atom is 0.243 e. The molecule has 0 unspecified atom stereocenters. The predicted molar refractivity (Wildman–Crippen MR) is 122 cm³/mol. The van der Waals surface area contributed by atoms with Crippen LogP contribution in [0.1, 0.15) is 20.3 Å². The van der Waals surface area contributed by atoms with E-state index in [0.717, 1.165) is 13.0 Å². The van der Waals surface area contributed by atoms with E-state index in [0.29, 0.717) is 42.6 Å². The summed E-state index contributed by atoms with van der Waals surface area (Å²) in [6, 6.07) is 6.53. The first kappa shape index (κ1) is 22.5. The Kier molecular flexibility index (Phi) is 7.42. The van der Waals surface area contributed by atoms with Crippen LogP contribution in [0.5, 0.6) is 0 Å². The molecule has 0 radical (unpaired) electrons. The Balaban J connectivity index is 1.64. The van der Waals surface area contributed by atoms with Crippen molar-refractivity contribution in [1.29, 1.82) is 0 Å². The van der Waals surface area contributed by atoms with Crippen LogP contribution < -0.4 is 16.4 Å². The summed E-state index contributed by atoms with van der Waals surface area (Å²) >= 11 is 0. The van der Waals surface area contributed by atoms with Crippen LogP contribution >= 0.6 is 0 Å². The second kappa shape index (κ2) is 10.2. The minimum Gasteiger partial charge on any atom is -0.393 e. The Morgan fingerprint density at radius 2 is 1.81 bits per heavy atom. The van der Waals surface area contributed by atoms with Crippen LogP contribution in [0.15, 0.2) is 54.2 Å². The summed E-state index contributed by atoms with van der Waals surface area (Å²) in [5.41, 5.74) is 7.28. The number of nitrogen functional groups attached to an aromatic ring is 1. The molecule has 0 atom stereocenters. The molecule has 0 bridgehead atoms. The van der Waals surface area contributed by atoms with Crippen molar-refractivity contribution in [3.63, 3.8) is 0 Å². The number of aryl methyl sites for hydroxylation is 1. The fraction of sp³-hybridized carbons (Fsp3) is 0.350. The highest BCUT2D eigenvalue weighted by Crippen LogP contribution is 2.26. The van der Waals surface area contributed by atoms with Crippen molar-refractivity contribution in [1.82, 2.24) is 23.8 Å². The van der Waals surface area contributed by atoms with E-state index in [1.165, 1.54) is 10.6 Å². The highest BCUT2D eigenvalue weighted by molar-refractivity contribution is 7.89. The number of hydrogen-bond donors (Lipinski definition) is 3. The molecule has 10 nitrogen and oxygen atoms in total. The van der Waals surface area contributed by atoms with Crippen molar-refractivity contribution in [2.75, 3.05) is 36.0 Å². The molecule has 31 heavy (non-hydrogen) atoms. The van der Waals surface area contributed by atoms with Gasteiger partial charge in [0.05, 0.1) is 11.2 Å². The highest BCUT2D eigenvalue weighted by Gasteiger charge is 2.21. The van der Waals surface area contributed by atoms with Crippen molar-refractivity contribution in [3.05, 3.63) is 49.3 Å². The average Bonchev–Trinajstić information content (AvgIpc) is 3.28. The number of anilines is 4. The second-order valence-electron chi connectivity index (χ2n) is 6.80. The SMILES string of the molecule is CCN(CC)S(=O)(=O)c1ccc(Nc2ncnc(NCCCn3ccnc3)c2N)cc1. The lowest BCUT2D eigenvalue weighted by atomic mass is 10.3. The topological polar surface area (TPSA) is 131 Å². The number of nitrogens with one attached hydrogen (secondary N) is 2. The molecular weight excluding hydrogens is 416 g/mol. The van der Waals surface area contributed by atoms with E-state index in [1.54, 1.807) is 36.8 Å². The maximum absolute atomic E-state index is 12.6. The van der Waals surface area contributed by atoms with E-state index in [4.69, 9.17) is 5.73 Å². The molecule has 0 saturated heterocycles. The quantitative estimate of drug-likeness (QED) is 0.385. The van der Waals surface area contributed by atoms with Crippen LogP contribution in [0.25, 0.3) is 0 Å². The maximum atomic E-state index is 12.6. The number of nitrogens with zero attached hydrogens (tertiary/aromatic N) is 5. The van der Waals surface area contributed by atoms with Gasteiger partial charge >= 0.3 is 0 Å². The largest absolute Gasteiger partial charge is 0.393 e. The third-order valence-electron chi connectivity index (χ3n) is 4.79. The fourth-order valence-electron chi connectivity index (χ4n) is 3.08. The van der Waals surface area contributed by atoms with Crippen LogP contribution in [0.4, 0.5) is 23.0 Å². The van der Waals surface area contributed by atoms with Gasteiger partial charge in [-0.1, -0.05) is 13.8 Å². The van der Waals surface area contributed by atoms with Crippen molar-refractivity contribution in [2.24, 2.45) is 0 Å². The molecule has 0 saturated carbocycles. The van der Waals surface area contributed by atoms with Gasteiger partial charge < -0.3 is 20.9 Å². The van der Waals surface area contributed by atoms with Crippen LogP contribution in [0, 0.1) is 0 Å². The number of sulfonamides is 1. The Labute approximate surface area is 182 Å². The van der Waals surface area contributed by atoms with Crippen LogP contribution in [-0.4, -0.2) is 51.9 Å². The van der Waals surface area contributed by atoms with Gasteiger partial charge in [0.25, 0.3) is 0 Å². The average molecular weight is 445 g/mol. The van der Waals surface area contributed by atoms with Gasteiger partial charge in [0.15, 0.2) is 11.6 Å². The van der Waals surface area contributed by atoms with Gasteiger partial charge in [-0.3, -0.25) is 0 Å². The fourth-order valence-corrected chi connectivity index (χ4v) is 4.54. The monoisotopic (exact) mass is 444 g/mol. The molecule has 3 aromatic rings. The van der Waals surface area contributed by atoms with E-state index in [2.05, 4.69) is 25.6 Å². The van der Waals surface area contributed by atoms with Crippen molar-refractivity contribution in [2.45, 2.75) is 31.7 Å². The molecule has 0 aliphatic carbocycles. The summed E-state index contributed by atoms with van der Waals surface area (Å²) < 4.78 is 28.7. The second-order valence-corrected chi connectivity index (χ2v) is 8.74. The lowest BCUT2D eigenvalue weighted by Crippen LogP contribution is -2.30. The summed E-state index contributed by atoms with van der Waals surface area (Å²) in [6.07, 6.45) is 7.75. The van der Waals surface area contributed by atoms with Gasteiger partial charge in [-0.05, 0) is 30.7 Å². The first-order valence-corrected chi connectivity index (χ1v) is 11.6. The molecule has 0 aliphatic rings. The molecule has 3 rings (SSSR count). The zero-order valence-corrected chi connectivity index (χ0v) is 18.5. The van der Waals surface area contributed by atoms with Crippen LogP contribution in [0.3, 0.4) is 0 Å². The van der Waals surface area contributed by atoms with Crippen LogP contribution in [-0.2, 0) is 16.6 Å². The van der Waals surface area contributed by atoms with Gasteiger partial charge in [-0.2, -0.15) is 4.31 Å². The Bertz CT molecular complexity index is 1070. The smallest absolute Gasteiger partial charge is 0.243 e. The first-order chi connectivity index (χ1) is 15.0. The molecule has 1 aromatic carbocycles. The van der Waals surface area contributed by atoms with E-state index in [1.807, 2.05) is 24.6 Å². The molecular formula is C20H28N8O2S. The number of nitrogens with two attached hydrogens (primary N) is 1. The lowest BCUT2D eigenvalue weighted by Gasteiger charge is -2.18. The molecule has 2 aromatic heterocycles. The number of hydrogen-bond acceptors (Lipinski definition) is 8. The molecule has 166 valence electrons. The summed E-state index contributed by atoms with van der Waals surface area (Å²) in [5.74, 6) is 0.996. The van der Waals surface area contributed by atoms with Crippen molar-refractivity contribution in [3.8, 4) is 0 Å². The number of benzene rings is 1. The van der Waals surface area contributed by atoms with Gasteiger partial charge in [0.2, 0.25) is 10.0 Å². The number of aromatic nitrogens is 4. The van der Waals surface area contributed by atoms with E-state index in [9.17, 15) is 8.42 Å². The third-order valence-corrected chi connectivity index (χ3v) is 6.85. The zero-order chi connectivity index (χ0) is 22.3. The van der Waals surface area contributed by atoms with E-state index >= 15 is 0 Å². The number of rotatable bonds is 11. The van der Waals surface area contributed by atoms with Gasteiger partial charge in [-0.25, -0.2) is 23.4 Å². The summed E-state index contributed by atoms with van der Waals surface area (Å²) in [7, 11) is -3.50. The van der Waals surface area contributed by atoms with Crippen molar-refractivity contribution >= 4 is 33.0 Å². The van der Waals surface area contributed by atoms with E-state index in [-0.39, 0.29) is 4.90 Å². The first-order valence-electron chi connectivity index (χ1n) is 10.1. The van der Waals surface area contributed by atoms with Crippen LogP contribution in [0.2, 0.25) is 0 Å². The Hall–Kier alpha value is -3.18. The third kappa shape index (κ3) is 5.50. The molecule has 4 N–H and O–H groups in total. The Morgan fingerprint density at radius 1 is 1.10 bits per heavy atom. The van der Waals surface area contributed by atoms with Gasteiger partial charge in [-0.15, -0.1) is 0 Å². The predicted octanol–water partition coefficient (Wildman–Crippen LogP) is 2.53. The lowest BCUT2D eigenvalue weighted by molar-refractivity contribution is 0.445.